The van der Waals surface area contributed by atoms with Crippen molar-refractivity contribution in [3.05, 3.63) is 71.2 Å². The second-order valence-electron chi connectivity index (χ2n) is 7.35. The molecule has 2 aromatic carbocycles. The molecule has 1 saturated heterocycles. The maximum Gasteiger partial charge on any atom is 0.162 e. The molecule has 0 spiro atoms. The second kappa shape index (κ2) is 8.27. The summed E-state index contributed by atoms with van der Waals surface area (Å²) in [6, 6.07) is 18.6. The van der Waals surface area contributed by atoms with Crippen molar-refractivity contribution in [3.63, 3.8) is 0 Å². The van der Waals surface area contributed by atoms with Gasteiger partial charge in [-0.2, -0.15) is 0 Å². The maximum atomic E-state index is 5.02. The Morgan fingerprint density at radius 3 is 2.59 bits per heavy atom. The molecule has 6 heteroatoms. The predicted octanol–water partition coefficient (Wildman–Crippen LogP) is 4.47. The minimum Gasteiger partial charge on any atom is -0.355 e. The normalized spacial score (nSPS) is 15.5. The Bertz CT molecular complexity index is 1080. The zero-order valence-electron chi connectivity index (χ0n) is 16.2. The number of aromatic nitrogens is 3. The molecule has 1 fully saturated rings. The van der Waals surface area contributed by atoms with E-state index in [0.29, 0.717) is 0 Å². The van der Waals surface area contributed by atoms with Crippen LogP contribution in [-0.4, -0.2) is 46.0 Å². The van der Waals surface area contributed by atoms with E-state index >= 15 is 0 Å². The highest BCUT2D eigenvalue weighted by molar-refractivity contribution is 7.07. The number of hydrogen-bond acceptors (Lipinski definition) is 6. The van der Waals surface area contributed by atoms with Crippen LogP contribution in [0.15, 0.2) is 65.5 Å². The van der Waals surface area contributed by atoms with Crippen LogP contribution in [0.4, 0.5) is 5.82 Å². The average Bonchev–Trinajstić information content (AvgIpc) is 3.18. The molecular weight excluding hydrogens is 378 g/mol. The molecular formula is C23H23N5S. The van der Waals surface area contributed by atoms with Gasteiger partial charge in [-0.3, -0.25) is 4.90 Å². The zero-order chi connectivity index (χ0) is 19.5. The van der Waals surface area contributed by atoms with Crippen LogP contribution in [0.25, 0.3) is 22.3 Å². The highest BCUT2D eigenvalue weighted by Crippen LogP contribution is 2.28. The molecule has 5 rings (SSSR count). The lowest BCUT2D eigenvalue weighted by Crippen LogP contribution is -2.31. The number of nitrogens with zero attached hydrogens (tertiary/aromatic N) is 5. The average molecular weight is 402 g/mol. The fourth-order valence-corrected chi connectivity index (χ4v) is 4.45. The van der Waals surface area contributed by atoms with E-state index in [2.05, 4.69) is 50.5 Å². The van der Waals surface area contributed by atoms with E-state index < -0.39 is 0 Å². The number of para-hydroxylation sites is 1. The number of thiazole rings is 1. The van der Waals surface area contributed by atoms with E-state index in [4.69, 9.17) is 9.97 Å². The van der Waals surface area contributed by atoms with Gasteiger partial charge in [0, 0.05) is 49.1 Å². The van der Waals surface area contributed by atoms with Crippen molar-refractivity contribution >= 4 is 28.1 Å². The zero-order valence-corrected chi connectivity index (χ0v) is 17.1. The van der Waals surface area contributed by atoms with Crippen molar-refractivity contribution in [3.8, 4) is 11.4 Å². The summed E-state index contributed by atoms with van der Waals surface area (Å²) in [5, 5.41) is 3.27. The van der Waals surface area contributed by atoms with E-state index in [1.165, 1.54) is 5.69 Å². The molecule has 1 aliphatic heterocycles. The number of hydrogen-bond donors (Lipinski definition) is 0. The molecule has 3 heterocycles. The molecule has 5 nitrogen and oxygen atoms in total. The largest absolute Gasteiger partial charge is 0.355 e. The molecule has 0 aliphatic carbocycles. The molecule has 0 N–H and O–H groups in total. The highest BCUT2D eigenvalue weighted by Gasteiger charge is 2.20. The molecule has 0 bridgehead atoms. The SMILES string of the molecule is c1ccc(-c2nc(N3CCCN(Cc4cscn4)CC3)c3ccccc3n2)cc1. The van der Waals surface area contributed by atoms with Gasteiger partial charge in [0.05, 0.1) is 16.7 Å². The fraction of sp³-hybridized carbons (Fsp3) is 0.261. The highest BCUT2D eigenvalue weighted by atomic mass is 32.1. The van der Waals surface area contributed by atoms with Crippen molar-refractivity contribution in [2.75, 3.05) is 31.1 Å². The maximum absolute atomic E-state index is 5.02. The first-order valence-corrected chi connectivity index (χ1v) is 11.0. The van der Waals surface area contributed by atoms with Crippen LogP contribution in [0.2, 0.25) is 0 Å². The van der Waals surface area contributed by atoms with Crippen LogP contribution in [0, 0.1) is 0 Å². The summed E-state index contributed by atoms with van der Waals surface area (Å²) in [7, 11) is 0. The Labute approximate surface area is 174 Å². The van der Waals surface area contributed by atoms with Crippen LogP contribution in [0.3, 0.4) is 0 Å². The Morgan fingerprint density at radius 1 is 0.862 bits per heavy atom. The number of anilines is 1. The van der Waals surface area contributed by atoms with Crippen LogP contribution < -0.4 is 4.90 Å². The van der Waals surface area contributed by atoms with Gasteiger partial charge in [-0.05, 0) is 18.6 Å². The van der Waals surface area contributed by atoms with Gasteiger partial charge >= 0.3 is 0 Å². The number of rotatable bonds is 4. The first-order valence-electron chi connectivity index (χ1n) is 10.0. The topological polar surface area (TPSA) is 45.2 Å². The third-order valence-electron chi connectivity index (χ3n) is 5.37. The predicted molar refractivity (Wildman–Crippen MR) is 119 cm³/mol. The molecule has 0 radical (unpaired) electrons. The molecule has 0 unspecified atom stereocenters. The van der Waals surface area contributed by atoms with E-state index in [9.17, 15) is 0 Å². The number of fused-ring (bicyclic) bond motifs is 1. The Morgan fingerprint density at radius 2 is 1.72 bits per heavy atom. The Kier molecular flexibility index (Phi) is 5.19. The molecule has 0 atom stereocenters. The summed E-state index contributed by atoms with van der Waals surface area (Å²) in [5.74, 6) is 1.84. The lowest BCUT2D eigenvalue weighted by atomic mass is 10.1. The molecule has 0 saturated carbocycles. The molecule has 146 valence electrons. The molecule has 1 aliphatic rings. The third-order valence-corrected chi connectivity index (χ3v) is 6.01. The van der Waals surface area contributed by atoms with Gasteiger partial charge < -0.3 is 4.90 Å². The summed E-state index contributed by atoms with van der Waals surface area (Å²) in [4.78, 5) is 19.2. The third kappa shape index (κ3) is 3.99. The van der Waals surface area contributed by atoms with Crippen molar-refractivity contribution in [2.24, 2.45) is 0 Å². The van der Waals surface area contributed by atoms with E-state index in [1.54, 1.807) is 11.3 Å². The first-order chi connectivity index (χ1) is 14.4. The quantitative estimate of drug-likeness (QED) is 0.505. The van der Waals surface area contributed by atoms with Crippen LogP contribution in [-0.2, 0) is 6.54 Å². The van der Waals surface area contributed by atoms with E-state index in [1.807, 2.05) is 29.8 Å². The van der Waals surface area contributed by atoms with E-state index in [0.717, 1.165) is 67.3 Å². The smallest absolute Gasteiger partial charge is 0.162 e. The Hall–Kier alpha value is -2.83. The summed E-state index contributed by atoms with van der Waals surface area (Å²) in [6.07, 6.45) is 1.11. The summed E-state index contributed by atoms with van der Waals surface area (Å²) in [5.41, 5.74) is 5.14. The van der Waals surface area contributed by atoms with Crippen LogP contribution in [0.5, 0.6) is 0 Å². The monoisotopic (exact) mass is 401 g/mol. The summed E-state index contributed by atoms with van der Waals surface area (Å²) >= 11 is 1.67. The first kappa shape index (κ1) is 18.2. The minimum absolute atomic E-state index is 0.794. The van der Waals surface area contributed by atoms with Gasteiger partial charge in [-0.25, -0.2) is 15.0 Å². The molecule has 0 amide bonds. The minimum atomic E-state index is 0.794. The lowest BCUT2D eigenvalue weighted by Gasteiger charge is -2.24. The fourth-order valence-electron chi connectivity index (χ4n) is 3.90. The van der Waals surface area contributed by atoms with Crippen LogP contribution in [0.1, 0.15) is 12.1 Å². The Balaban J connectivity index is 1.46. The number of benzene rings is 2. The molecule has 2 aromatic heterocycles. The van der Waals surface area contributed by atoms with Gasteiger partial charge in [0.2, 0.25) is 0 Å². The van der Waals surface area contributed by atoms with Crippen molar-refractivity contribution in [1.29, 1.82) is 0 Å². The lowest BCUT2D eigenvalue weighted by molar-refractivity contribution is 0.282. The van der Waals surface area contributed by atoms with Crippen molar-refractivity contribution < 1.29 is 0 Å². The van der Waals surface area contributed by atoms with E-state index in [-0.39, 0.29) is 0 Å². The van der Waals surface area contributed by atoms with Gasteiger partial charge in [0.1, 0.15) is 5.82 Å². The van der Waals surface area contributed by atoms with Gasteiger partial charge in [-0.1, -0.05) is 42.5 Å². The standard InChI is InChI=1S/C23H23N5S/c1-2-7-18(8-3-1)22-25-21-10-5-4-9-20(21)23(26-22)28-12-6-11-27(13-14-28)15-19-16-29-17-24-19/h1-5,7-10,16-17H,6,11-15H2. The van der Waals surface area contributed by atoms with Gasteiger partial charge in [-0.15, -0.1) is 11.3 Å². The van der Waals surface area contributed by atoms with Crippen molar-refractivity contribution in [1.82, 2.24) is 19.9 Å². The summed E-state index contributed by atoms with van der Waals surface area (Å²) < 4.78 is 0. The molecule has 29 heavy (non-hydrogen) atoms. The van der Waals surface area contributed by atoms with Gasteiger partial charge in [0.15, 0.2) is 5.82 Å². The van der Waals surface area contributed by atoms with Crippen molar-refractivity contribution in [2.45, 2.75) is 13.0 Å². The second-order valence-corrected chi connectivity index (χ2v) is 8.07. The summed E-state index contributed by atoms with van der Waals surface area (Å²) in [6.45, 7) is 4.98. The molecule has 4 aromatic rings. The van der Waals surface area contributed by atoms with Gasteiger partial charge in [0.25, 0.3) is 0 Å². The van der Waals surface area contributed by atoms with Crippen LogP contribution >= 0.6 is 11.3 Å².